The molecule has 112 valence electrons. The molecule has 0 fully saturated rings. The number of rotatable bonds is 8. The van der Waals surface area contributed by atoms with Gasteiger partial charge in [-0.15, -0.1) is 0 Å². The van der Waals surface area contributed by atoms with Crippen molar-refractivity contribution in [1.82, 2.24) is 5.32 Å². The summed E-state index contributed by atoms with van der Waals surface area (Å²) >= 11 is 0. The fourth-order valence-corrected chi connectivity index (χ4v) is 2.93. The Labute approximate surface area is 123 Å². The number of hydrogen-bond donors (Lipinski definition) is 1. The Morgan fingerprint density at radius 2 is 2.00 bits per heavy atom. The fourth-order valence-electron chi connectivity index (χ4n) is 2.93. The van der Waals surface area contributed by atoms with Crippen LogP contribution in [-0.4, -0.2) is 19.8 Å². The molecule has 0 saturated heterocycles. The summed E-state index contributed by atoms with van der Waals surface area (Å²) in [4.78, 5) is 0. The first-order valence-corrected chi connectivity index (χ1v) is 8.30. The highest BCUT2D eigenvalue weighted by atomic mass is 16.5. The van der Waals surface area contributed by atoms with Crippen molar-refractivity contribution in [1.29, 1.82) is 0 Å². The number of benzene rings is 1. The van der Waals surface area contributed by atoms with E-state index in [9.17, 15) is 0 Å². The van der Waals surface area contributed by atoms with Crippen molar-refractivity contribution < 1.29 is 4.74 Å². The van der Waals surface area contributed by atoms with Gasteiger partial charge in [0.1, 0.15) is 0 Å². The van der Waals surface area contributed by atoms with Crippen molar-refractivity contribution in [3.63, 3.8) is 0 Å². The van der Waals surface area contributed by atoms with Gasteiger partial charge in [-0.05, 0) is 49.8 Å². The SMILES string of the molecule is CCCCOCCCNC1CCCCc2ccccc21. The van der Waals surface area contributed by atoms with Gasteiger partial charge in [0, 0.05) is 19.3 Å². The summed E-state index contributed by atoms with van der Waals surface area (Å²) in [7, 11) is 0. The predicted octanol–water partition coefficient (Wildman–Crippen LogP) is 4.25. The molecule has 2 rings (SSSR count). The lowest BCUT2D eigenvalue weighted by molar-refractivity contribution is 0.128. The zero-order valence-corrected chi connectivity index (χ0v) is 12.9. The van der Waals surface area contributed by atoms with Gasteiger partial charge in [0.15, 0.2) is 0 Å². The fraction of sp³-hybridized carbons (Fsp3) is 0.667. The van der Waals surface area contributed by atoms with Crippen LogP contribution in [0.1, 0.15) is 62.6 Å². The van der Waals surface area contributed by atoms with Crippen LogP contribution in [0.25, 0.3) is 0 Å². The Morgan fingerprint density at radius 1 is 1.15 bits per heavy atom. The molecule has 0 bridgehead atoms. The summed E-state index contributed by atoms with van der Waals surface area (Å²) in [6.45, 7) is 5.07. The van der Waals surface area contributed by atoms with E-state index in [0.29, 0.717) is 6.04 Å². The second-order valence-electron chi connectivity index (χ2n) is 5.77. The van der Waals surface area contributed by atoms with E-state index in [4.69, 9.17) is 4.74 Å². The van der Waals surface area contributed by atoms with Crippen LogP contribution in [0, 0.1) is 0 Å². The second-order valence-corrected chi connectivity index (χ2v) is 5.77. The highest BCUT2D eigenvalue weighted by Crippen LogP contribution is 2.28. The quantitative estimate of drug-likeness (QED) is 0.565. The van der Waals surface area contributed by atoms with Gasteiger partial charge in [-0.3, -0.25) is 0 Å². The minimum Gasteiger partial charge on any atom is -0.381 e. The van der Waals surface area contributed by atoms with Crippen LogP contribution < -0.4 is 5.32 Å². The van der Waals surface area contributed by atoms with E-state index >= 15 is 0 Å². The summed E-state index contributed by atoms with van der Waals surface area (Å²) in [5.41, 5.74) is 3.07. The third kappa shape index (κ3) is 4.92. The molecule has 2 nitrogen and oxygen atoms in total. The predicted molar refractivity (Wildman–Crippen MR) is 85.1 cm³/mol. The minimum absolute atomic E-state index is 0.546. The summed E-state index contributed by atoms with van der Waals surface area (Å²) in [5.74, 6) is 0. The van der Waals surface area contributed by atoms with E-state index in [1.807, 2.05) is 0 Å². The zero-order valence-electron chi connectivity index (χ0n) is 12.9. The average molecular weight is 275 g/mol. The van der Waals surface area contributed by atoms with E-state index in [0.717, 1.165) is 26.2 Å². The largest absolute Gasteiger partial charge is 0.381 e. The smallest absolute Gasteiger partial charge is 0.0478 e. The van der Waals surface area contributed by atoms with E-state index in [1.54, 1.807) is 5.56 Å². The van der Waals surface area contributed by atoms with Crippen LogP contribution in [-0.2, 0) is 11.2 Å². The highest BCUT2D eigenvalue weighted by Gasteiger charge is 2.17. The van der Waals surface area contributed by atoms with Gasteiger partial charge in [0.25, 0.3) is 0 Å². The molecule has 0 aromatic heterocycles. The van der Waals surface area contributed by atoms with Crippen LogP contribution in [0.4, 0.5) is 0 Å². The molecule has 1 atom stereocenters. The summed E-state index contributed by atoms with van der Waals surface area (Å²) in [6, 6.07) is 9.48. The molecule has 1 aliphatic rings. The topological polar surface area (TPSA) is 21.3 Å². The first-order chi connectivity index (χ1) is 9.92. The van der Waals surface area contributed by atoms with Crippen LogP contribution >= 0.6 is 0 Å². The number of hydrogen-bond acceptors (Lipinski definition) is 2. The molecule has 1 aliphatic carbocycles. The van der Waals surface area contributed by atoms with Gasteiger partial charge in [-0.1, -0.05) is 44.0 Å². The Bertz CT molecular complexity index is 377. The van der Waals surface area contributed by atoms with Crippen molar-refractivity contribution in [2.45, 2.75) is 57.9 Å². The van der Waals surface area contributed by atoms with Crippen molar-refractivity contribution in [3.05, 3.63) is 35.4 Å². The Morgan fingerprint density at radius 3 is 2.90 bits per heavy atom. The molecular weight excluding hydrogens is 246 g/mol. The van der Waals surface area contributed by atoms with Crippen LogP contribution in [0.2, 0.25) is 0 Å². The molecule has 0 heterocycles. The van der Waals surface area contributed by atoms with Gasteiger partial charge in [-0.25, -0.2) is 0 Å². The van der Waals surface area contributed by atoms with Gasteiger partial charge in [-0.2, -0.15) is 0 Å². The Kier molecular flexibility index (Phi) is 7.10. The maximum Gasteiger partial charge on any atom is 0.0478 e. The molecule has 1 unspecified atom stereocenters. The molecule has 1 aromatic carbocycles. The minimum atomic E-state index is 0.546. The molecule has 1 N–H and O–H groups in total. The molecule has 0 spiro atoms. The lowest BCUT2D eigenvalue weighted by Crippen LogP contribution is -2.23. The average Bonchev–Trinajstić information content (AvgIpc) is 2.69. The molecule has 20 heavy (non-hydrogen) atoms. The van der Waals surface area contributed by atoms with E-state index in [-0.39, 0.29) is 0 Å². The van der Waals surface area contributed by atoms with Gasteiger partial charge < -0.3 is 10.1 Å². The Hall–Kier alpha value is -0.860. The van der Waals surface area contributed by atoms with Crippen LogP contribution in [0.3, 0.4) is 0 Å². The zero-order chi connectivity index (χ0) is 14.0. The second kappa shape index (κ2) is 9.15. The summed E-state index contributed by atoms with van der Waals surface area (Å²) < 4.78 is 5.62. The maximum atomic E-state index is 5.62. The third-order valence-corrected chi connectivity index (χ3v) is 4.12. The molecule has 0 amide bonds. The van der Waals surface area contributed by atoms with E-state index in [2.05, 4.69) is 36.5 Å². The molecule has 1 aromatic rings. The normalized spacial score (nSPS) is 18.6. The number of fused-ring (bicyclic) bond motifs is 1. The number of ether oxygens (including phenoxy) is 1. The number of unbranched alkanes of at least 4 members (excludes halogenated alkanes) is 1. The highest BCUT2D eigenvalue weighted by molar-refractivity contribution is 5.31. The Balaban J connectivity index is 1.72. The molecule has 0 radical (unpaired) electrons. The van der Waals surface area contributed by atoms with Crippen molar-refractivity contribution in [2.24, 2.45) is 0 Å². The van der Waals surface area contributed by atoms with Crippen LogP contribution in [0.5, 0.6) is 0 Å². The van der Waals surface area contributed by atoms with Gasteiger partial charge in [0.2, 0.25) is 0 Å². The lowest BCUT2D eigenvalue weighted by Gasteiger charge is -2.19. The standard InChI is InChI=1S/C18H29NO/c1-2-3-14-20-15-8-13-19-18-12-7-5-10-16-9-4-6-11-17(16)18/h4,6,9,11,18-19H,2-3,5,7-8,10,12-15H2,1H3. The molecule has 0 aliphatic heterocycles. The molecule has 0 saturated carbocycles. The lowest BCUT2D eigenvalue weighted by atomic mass is 9.99. The first-order valence-electron chi connectivity index (χ1n) is 8.30. The third-order valence-electron chi connectivity index (χ3n) is 4.12. The first kappa shape index (κ1) is 15.5. The number of nitrogens with one attached hydrogen (secondary N) is 1. The van der Waals surface area contributed by atoms with Crippen molar-refractivity contribution in [2.75, 3.05) is 19.8 Å². The number of aryl methyl sites for hydroxylation is 1. The summed E-state index contributed by atoms with van der Waals surface area (Å²) in [5, 5.41) is 3.73. The van der Waals surface area contributed by atoms with Crippen molar-refractivity contribution in [3.8, 4) is 0 Å². The molecular formula is C18H29NO. The summed E-state index contributed by atoms with van der Waals surface area (Å²) in [6.07, 6.45) is 8.69. The van der Waals surface area contributed by atoms with Crippen LogP contribution in [0.15, 0.2) is 24.3 Å². The monoisotopic (exact) mass is 275 g/mol. The van der Waals surface area contributed by atoms with E-state index in [1.165, 1.54) is 44.1 Å². The van der Waals surface area contributed by atoms with Crippen molar-refractivity contribution >= 4 is 0 Å². The van der Waals surface area contributed by atoms with Gasteiger partial charge >= 0.3 is 0 Å². The van der Waals surface area contributed by atoms with Gasteiger partial charge in [0.05, 0.1) is 0 Å². The van der Waals surface area contributed by atoms with E-state index < -0.39 is 0 Å². The molecule has 2 heteroatoms. The maximum absolute atomic E-state index is 5.62.